The van der Waals surface area contributed by atoms with Crippen LogP contribution in [0.2, 0.25) is 0 Å². The van der Waals surface area contributed by atoms with E-state index in [-0.39, 0.29) is 0 Å². The van der Waals surface area contributed by atoms with Crippen molar-refractivity contribution in [2.24, 2.45) is 10.7 Å². The van der Waals surface area contributed by atoms with Crippen LogP contribution in [0, 0.1) is 0 Å². The Balaban J connectivity index is 2.41. The Morgan fingerprint density at radius 1 is 1.11 bits per heavy atom. The van der Waals surface area contributed by atoms with E-state index in [0.29, 0.717) is 5.84 Å². The van der Waals surface area contributed by atoms with Gasteiger partial charge in [0.15, 0.2) is 0 Å². The van der Waals surface area contributed by atoms with E-state index >= 15 is 0 Å². The molecule has 0 heterocycles. The van der Waals surface area contributed by atoms with Gasteiger partial charge in [0.25, 0.3) is 0 Å². The smallest absolute Gasteiger partial charge is 0.125 e. The summed E-state index contributed by atoms with van der Waals surface area (Å²) in [6, 6.07) is 16.6. The molecular formula is C16H19N3. The quantitative estimate of drug-likeness (QED) is 0.649. The zero-order chi connectivity index (χ0) is 13.7. The Labute approximate surface area is 114 Å². The maximum Gasteiger partial charge on any atom is 0.125 e. The molecule has 19 heavy (non-hydrogen) atoms. The van der Waals surface area contributed by atoms with E-state index in [1.807, 2.05) is 25.2 Å². The van der Waals surface area contributed by atoms with Gasteiger partial charge in [-0.2, -0.15) is 0 Å². The van der Waals surface area contributed by atoms with Gasteiger partial charge in [0.05, 0.1) is 0 Å². The van der Waals surface area contributed by atoms with E-state index in [1.165, 1.54) is 5.56 Å². The Hall–Kier alpha value is -2.13. The highest BCUT2D eigenvalue weighted by Crippen LogP contribution is 2.24. The third-order valence-corrected chi connectivity index (χ3v) is 3.09. The molecule has 3 N–H and O–H groups in total. The largest absolute Gasteiger partial charge is 0.383 e. The van der Waals surface area contributed by atoms with Crippen molar-refractivity contribution in [2.45, 2.75) is 6.54 Å². The predicted molar refractivity (Wildman–Crippen MR) is 81.3 cm³/mol. The summed E-state index contributed by atoms with van der Waals surface area (Å²) >= 11 is 0. The molecule has 3 heteroatoms. The molecule has 0 bridgehead atoms. The summed E-state index contributed by atoms with van der Waals surface area (Å²) in [5.41, 5.74) is 10.5. The van der Waals surface area contributed by atoms with Crippen LogP contribution in [0.15, 0.2) is 53.5 Å². The van der Waals surface area contributed by atoms with Crippen molar-refractivity contribution in [3.05, 3.63) is 59.7 Å². The van der Waals surface area contributed by atoms with E-state index in [2.05, 4.69) is 40.6 Å². The molecule has 0 spiro atoms. The van der Waals surface area contributed by atoms with Crippen molar-refractivity contribution in [3.63, 3.8) is 0 Å². The molecular weight excluding hydrogens is 234 g/mol. The van der Waals surface area contributed by atoms with E-state index in [1.54, 1.807) is 7.05 Å². The Morgan fingerprint density at radius 3 is 2.42 bits per heavy atom. The second kappa shape index (κ2) is 6.16. The first-order valence-corrected chi connectivity index (χ1v) is 6.32. The van der Waals surface area contributed by atoms with Crippen LogP contribution in [0.1, 0.15) is 11.1 Å². The van der Waals surface area contributed by atoms with Crippen molar-refractivity contribution in [1.82, 2.24) is 5.32 Å². The molecule has 0 radical (unpaired) electrons. The standard InChI is InChI=1S/C16H19N3/c1-18-11-12-7-9-13(10-8-12)14-5-3-4-6-15(14)16(17)19-2/h3-10,18H,11H2,1-2H3,(H2,17,19). The lowest BCUT2D eigenvalue weighted by Gasteiger charge is -2.09. The van der Waals surface area contributed by atoms with E-state index in [0.717, 1.165) is 23.2 Å². The summed E-state index contributed by atoms with van der Waals surface area (Å²) in [6.07, 6.45) is 0. The van der Waals surface area contributed by atoms with Crippen molar-refractivity contribution in [2.75, 3.05) is 14.1 Å². The van der Waals surface area contributed by atoms with Gasteiger partial charge in [-0.25, -0.2) is 0 Å². The highest BCUT2D eigenvalue weighted by atomic mass is 14.8. The minimum absolute atomic E-state index is 0.565. The van der Waals surface area contributed by atoms with Gasteiger partial charge in [-0.15, -0.1) is 0 Å². The zero-order valence-corrected chi connectivity index (χ0v) is 11.4. The van der Waals surface area contributed by atoms with Crippen molar-refractivity contribution in [3.8, 4) is 11.1 Å². The normalized spacial score (nSPS) is 11.6. The number of hydrogen-bond acceptors (Lipinski definition) is 2. The average molecular weight is 253 g/mol. The molecule has 98 valence electrons. The summed E-state index contributed by atoms with van der Waals surface area (Å²) < 4.78 is 0. The first kappa shape index (κ1) is 13.3. The molecule has 0 amide bonds. The maximum atomic E-state index is 5.95. The molecule has 0 aromatic heterocycles. The van der Waals surface area contributed by atoms with Crippen LogP contribution in [0.25, 0.3) is 11.1 Å². The lowest BCUT2D eigenvalue weighted by molar-refractivity contribution is 0.818. The third kappa shape index (κ3) is 3.01. The van der Waals surface area contributed by atoms with E-state index in [9.17, 15) is 0 Å². The molecule has 0 fully saturated rings. The minimum Gasteiger partial charge on any atom is -0.383 e. The molecule has 2 aromatic rings. The maximum absolute atomic E-state index is 5.95. The molecule has 0 atom stereocenters. The molecule has 2 rings (SSSR count). The van der Waals surface area contributed by atoms with Gasteiger partial charge in [0.1, 0.15) is 5.84 Å². The molecule has 0 aliphatic carbocycles. The predicted octanol–water partition coefficient (Wildman–Crippen LogP) is 2.41. The van der Waals surface area contributed by atoms with Gasteiger partial charge in [-0.1, -0.05) is 48.5 Å². The van der Waals surface area contributed by atoms with Gasteiger partial charge < -0.3 is 11.1 Å². The second-order valence-corrected chi connectivity index (χ2v) is 4.38. The monoisotopic (exact) mass is 253 g/mol. The number of nitrogens with two attached hydrogens (primary N) is 1. The number of aliphatic imine (C=N–C) groups is 1. The van der Waals surface area contributed by atoms with Gasteiger partial charge in [0.2, 0.25) is 0 Å². The van der Waals surface area contributed by atoms with Gasteiger partial charge in [-0.05, 0) is 23.7 Å². The van der Waals surface area contributed by atoms with Gasteiger partial charge in [-0.3, -0.25) is 4.99 Å². The number of nitrogens with zero attached hydrogens (tertiary/aromatic N) is 1. The van der Waals surface area contributed by atoms with Crippen molar-refractivity contribution < 1.29 is 0 Å². The number of benzene rings is 2. The fraction of sp³-hybridized carbons (Fsp3) is 0.188. The zero-order valence-electron chi connectivity index (χ0n) is 11.4. The Kier molecular flexibility index (Phi) is 4.31. The number of nitrogens with one attached hydrogen (secondary N) is 1. The minimum atomic E-state index is 0.565. The number of amidine groups is 1. The van der Waals surface area contributed by atoms with Crippen LogP contribution in [0.3, 0.4) is 0 Å². The fourth-order valence-corrected chi connectivity index (χ4v) is 2.08. The van der Waals surface area contributed by atoms with Crippen LogP contribution in [0.5, 0.6) is 0 Å². The van der Waals surface area contributed by atoms with Crippen LogP contribution in [0.4, 0.5) is 0 Å². The number of rotatable bonds is 4. The molecule has 0 unspecified atom stereocenters. The summed E-state index contributed by atoms with van der Waals surface area (Å²) in [4.78, 5) is 4.08. The first-order valence-electron chi connectivity index (χ1n) is 6.32. The third-order valence-electron chi connectivity index (χ3n) is 3.09. The summed E-state index contributed by atoms with van der Waals surface area (Å²) in [5.74, 6) is 0.565. The highest BCUT2D eigenvalue weighted by molar-refractivity contribution is 6.03. The van der Waals surface area contributed by atoms with E-state index in [4.69, 9.17) is 5.73 Å². The van der Waals surface area contributed by atoms with Crippen LogP contribution < -0.4 is 11.1 Å². The van der Waals surface area contributed by atoms with Gasteiger partial charge >= 0.3 is 0 Å². The van der Waals surface area contributed by atoms with Crippen LogP contribution in [-0.4, -0.2) is 19.9 Å². The Morgan fingerprint density at radius 2 is 1.79 bits per heavy atom. The molecule has 3 nitrogen and oxygen atoms in total. The van der Waals surface area contributed by atoms with Crippen LogP contribution in [-0.2, 0) is 6.54 Å². The fourth-order valence-electron chi connectivity index (χ4n) is 2.08. The lowest BCUT2D eigenvalue weighted by Crippen LogP contribution is -2.14. The molecule has 0 saturated heterocycles. The van der Waals surface area contributed by atoms with Crippen molar-refractivity contribution in [1.29, 1.82) is 0 Å². The van der Waals surface area contributed by atoms with E-state index < -0.39 is 0 Å². The average Bonchev–Trinajstić information content (AvgIpc) is 2.47. The number of hydrogen-bond donors (Lipinski definition) is 2. The second-order valence-electron chi connectivity index (χ2n) is 4.38. The molecule has 0 aliphatic rings. The summed E-state index contributed by atoms with van der Waals surface area (Å²) in [7, 11) is 3.66. The van der Waals surface area contributed by atoms with Crippen LogP contribution >= 0.6 is 0 Å². The molecule has 0 aliphatic heterocycles. The molecule has 0 saturated carbocycles. The highest BCUT2D eigenvalue weighted by Gasteiger charge is 2.07. The van der Waals surface area contributed by atoms with Gasteiger partial charge in [0, 0.05) is 19.2 Å². The molecule has 2 aromatic carbocycles. The lowest BCUT2D eigenvalue weighted by atomic mass is 9.98. The Bertz CT molecular complexity index is 571. The summed E-state index contributed by atoms with van der Waals surface area (Å²) in [5, 5.41) is 3.14. The summed E-state index contributed by atoms with van der Waals surface area (Å²) in [6.45, 7) is 0.875. The first-order chi connectivity index (χ1) is 9.26. The topological polar surface area (TPSA) is 50.4 Å². The SMILES string of the molecule is CN=C(N)c1ccccc1-c1ccc(CNC)cc1. The van der Waals surface area contributed by atoms with Crippen molar-refractivity contribution >= 4 is 5.84 Å².